The molecule has 0 amide bonds. The summed E-state index contributed by atoms with van der Waals surface area (Å²) in [6.07, 6.45) is -0.230. The van der Waals surface area contributed by atoms with Gasteiger partial charge in [0.25, 0.3) is 0 Å². The van der Waals surface area contributed by atoms with Gasteiger partial charge in [-0.05, 0) is 31.5 Å². The lowest BCUT2D eigenvalue weighted by Crippen LogP contribution is -2.13. The molecule has 6 heteroatoms. The maximum Gasteiger partial charge on any atom is 0.342 e. The Labute approximate surface area is 128 Å². The highest BCUT2D eigenvalue weighted by molar-refractivity contribution is 9.10. The molecule has 3 nitrogen and oxygen atoms in total. The fourth-order valence-corrected chi connectivity index (χ4v) is 3.13. The zero-order valence-corrected chi connectivity index (χ0v) is 13.3. The van der Waals surface area contributed by atoms with E-state index in [1.165, 1.54) is 23.5 Å². The van der Waals surface area contributed by atoms with Crippen LogP contribution in [0.3, 0.4) is 0 Å². The van der Waals surface area contributed by atoms with E-state index in [1.54, 1.807) is 25.3 Å². The van der Waals surface area contributed by atoms with Crippen LogP contribution in [0.5, 0.6) is 0 Å². The Hall–Kier alpha value is -1.40. The van der Waals surface area contributed by atoms with E-state index in [-0.39, 0.29) is 11.9 Å². The topological polar surface area (TPSA) is 52.3 Å². The number of thiophene rings is 1. The molecule has 2 aromatic rings. The summed E-state index contributed by atoms with van der Waals surface area (Å²) in [6.45, 7) is 3.54. The van der Waals surface area contributed by atoms with Gasteiger partial charge in [-0.3, -0.25) is 0 Å². The van der Waals surface area contributed by atoms with Crippen molar-refractivity contribution >= 4 is 38.2 Å². The minimum absolute atomic E-state index is 0.230. The molecule has 0 unspecified atom stereocenters. The van der Waals surface area contributed by atoms with Crippen LogP contribution in [0.1, 0.15) is 24.2 Å². The number of hydrogen-bond donors (Lipinski definition) is 1. The van der Waals surface area contributed by atoms with E-state index in [4.69, 9.17) is 10.5 Å². The van der Waals surface area contributed by atoms with Gasteiger partial charge < -0.3 is 10.5 Å². The van der Waals surface area contributed by atoms with Crippen molar-refractivity contribution in [3.63, 3.8) is 0 Å². The zero-order valence-electron chi connectivity index (χ0n) is 10.9. The first-order valence-corrected chi connectivity index (χ1v) is 7.60. The van der Waals surface area contributed by atoms with Crippen molar-refractivity contribution in [2.24, 2.45) is 0 Å². The molecule has 1 heterocycles. The molecule has 0 radical (unpaired) electrons. The van der Waals surface area contributed by atoms with E-state index < -0.39 is 5.97 Å². The minimum atomic E-state index is -0.468. The van der Waals surface area contributed by atoms with Gasteiger partial charge in [0.1, 0.15) is 16.4 Å². The van der Waals surface area contributed by atoms with E-state index in [0.717, 1.165) is 0 Å². The standard InChI is InChI=1S/C14H13BrFNO2S/c1-7(2)19-14(18)12-10(6-20-13(12)17)9-4-3-8(16)5-11(9)15/h3-7H,17H2,1-2H3. The molecular weight excluding hydrogens is 345 g/mol. The normalized spacial score (nSPS) is 10.8. The zero-order chi connectivity index (χ0) is 14.9. The van der Waals surface area contributed by atoms with Crippen molar-refractivity contribution in [3.8, 4) is 11.1 Å². The highest BCUT2D eigenvalue weighted by Crippen LogP contribution is 2.38. The summed E-state index contributed by atoms with van der Waals surface area (Å²) in [4.78, 5) is 12.1. The number of benzene rings is 1. The molecule has 0 spiro atoms. The van der Waals surface area contributed by atoms with E-state index in [2.05, 4.69) is 15.9 Å². The smallest absolute Gasteiger partial charge is 0.342 e. The largest absolute Gasteiger partial charge is 0.459 e. The number of halogens is 2. The lowest BCUT2D eigenvalue weighted by molar-refractivity contribution is 0.0380. The second-order valence-corrected chi connectivity index (χ2v) is 6.23. The summed E-state index contributed by atoms with van der Waals surface area (Å²) in [7, 11) is 0. The molecule has 1 aromatic heterocycles. The van der Waals surface area contributed by atoms with Crippen molar-refractivity contribution in [1.29, 1.82) is 0 Å². The molecular formula is C14H13BrFNO2S. The third-order valence-corrected chi connectivity index (χ3v) is 4.06. The van der Waals surface area contributed by atoms with Crippen molar-refractivity contribution in [2.75, 3.05) is 5.73 Å². The van der Waals surface area contributed by atoms with Crippen LogP contribution < -0.4 is 5.73 Å². The predicted molar refractivity (Wildman–Crippen MR) is 82.4 cm³/mol. The third-order valence-electron chi connectivity index (χ3n) is 2.59. The van der Waals surface area contributed by atoms with E-state index in [1.807, 2.05) is 0 Å². The molecule has 1 aromatic carbocycles. The minimum Gasteiger partial charge on any atom is -0.459 e. The molecule has 0 saturated heterocycles. The van der Waals surface area contributed by atoms with Crippen molar-refractivity contribution < 1.29 is 13.9 Å². The number of nitrogens with two attached hydrogens (primary N) is 1. The van der Waals surface area contributed by atoms with E-state index in [9.17, 15) is 9.18 Å². The summed E-state index contributed by atoms with van der Waals surface area (Å²) in [5, 5.41) is 2.16. The molecule has 0 saturated carbocycles. The SMILES string of the molecule is CC(C)OC(=O)c1c(-c2ccc(F)cc2Br)csc1N. The Morgan fingerprint density at radius 2 is 2.10 bits per heavy atom. The molecule has 2 rings (SSSR count). The second-order valence-electron chi connectivity index (χ2n) is 4.47. The molecule has 0 aliphatic rings. The number of hydrogen-bond acceptors (Lipinski definition) is 4. The van der Waals surface area contributed by atoms with Gasteiger partial charge in [0.2, 0.25) is 0 Å². The summed E-state index contributed by atoms with van der Waals surface area (Å²) in [5.41, 5.74) is 7.54. The summed E-state index contributed by atoms with van der Waals surface area (Å²) >= 11 is 4.56. The first-order valence-electron chi connectivity index (χ1n) is 5.93. The number of nitrogen functional groups attached to an aromatic ring is 1. The maximum atomic E-state index is 13.2. The molecule has 0 aliphatic heterocycles. The van der Waals surface area contributed by atoms with Crippen LogP contribution in [0.15, 0.2) is 28.1 Å². The van der Waals surface area contributed by atoms with Crippen LogP contribution >= 0.6 is 27.3 Å². The number of carbonyl (C=O) groups is 1. The van der Waals surface area contributed by atoms with E-state index in [0.29, 0.717) is 26.2 Å². The monoisotopic (exact) mass is 357 g/mol. The molecule has 0 fully saturated rings. The van der Waals surface area contributed by atoms with Gasteiger partial charge in [-0.15, -0.1) is 11.3 Å². The Bertz CT molecular complexity index is 655. The fourth-order valence-electron chi connectivity index (χ4n) is 1.76. The highest BCUT2D eigenvalue weighted by Gasteiger charge is 2.22. The molecule has 106 valence electrons. The molecule has 2 N–H and O–H groups in total. The van der Waals surface area contributed by atoms with Crippen LogP contribution in [0.2, 0.25) is 0 Å². The van der Waals surface area contributed by atoms with Gasteiger partial charge in [0.05, 0.1) is 6.10 Å². The molecule has 0 atom stereocenters. The molecule has 20 heavy (non-hydrogen) atoms. The number of esters is 1. The first-order chi connectivity index (χ1) is 9.40. The Morgan fingerprint density at radius 3 is 2.70 bits per heavy atom. The molecule has 0 bridgehead atoms. The third kappa shape index (κ3) is 3.02. The number of carbonyl (C=O) groups excluding carboxylic acids is 1. The highest BCUT2D eigenvalue weighted by atomic mass is 79.9. The predicted octanol–water partition coefficient (Wildman–Crippen LogP) is 4.46. The Morgan fingerprint density at radius 1 is 1.40 bits per heavy atom. The van der Waals surface area contributed by atoms with Crippen LogP contribution in [0.4, 0.5) is 9.39 Å². The van der Waals surface area contributed by atoms with Gasteiger partial charge in [-0.1, -0.05) is 22.0 Å². The van der Waals surface area contributed by atoms with Gasteiger partial charge in [0, 0.05) is 15.4 Å². The quantitative estimate of drug-likeness (QED) is 0.824. The number of rotatable bonds is 3. The average molecular weight is 358 g/mol. The number of ether oxygens (including phenoxy) is 1. The van der Waals surface area contributed by atoms with E-state index >= 15 is 0 Å². The lowest BCUT2D eigenvalue weighted by Gasteiger charge is -2.10. The van der Waals surface area contributed by atoms with Crippen LogP contribution in [-0.4, -0.2) is 12.1 Å². The van der Waals surface area contributed by atoms with Crippen LogP contribution in [-0.2, 0) is 4.74 Å². The lowest BCUT2D eigenvalue weighted by atomic mass is 10.0. The van der Waals surface area contributed by atoms with Gasteiger partial charge >= 0.3 is 5.97 Å². The maximum absolute atomic E-state index is 13.2. The van der Waals surface area contributed by atoms with Crippen LogP contribution in [0.25, 0.3) is 11.1 Å². The second kappa shape index (κ2) is 5.93. The first kappa shape index (κ1) is 15.0. The van der Waals surface area contributed by atoms with Gasteiger partial charge in [-0.25, -0.2) is 9.18 Å². The van der Waals surface area contributed by atoms with Crippen LogP contribution in [0, 0.1) is 5.82 Å². The number of anilines is 1. The Balaban J connectivity index is 2.50. The summed E-state index contributed by atoms with van der Waals surface area (Å²) in [6, 6.07) is 4.29. The van der Waals surface area contributed by atoms with Crippen molar-refractivity contribution in [1.82, 2.24) is 0 Å². The summed E-state index contributed by atoms with van der Waals surface area (Å²) in [5.74, 6) is -0.819. The van der Waals surface area contributed by atoms with Gasteiger partial charge in [0.15, 0.2) is 0 Å². The van der Waals surface area contributed by atoms with Crippen molar-refractivity contribution in [3.05, 3.63) is 39.4 Å². The van der Waals surface area contributed by atoms with Crippen molar-refractivity contribution in [2.45, 2.75) is 20.0 Å². The molecule has 0 aliphatic carbocycles. The van der Waals surface area contributed by atoms with Gasteiger partial charge in [-0.2, -0.15) is 0 Å². The average Bonchev–Trinajstić information content (AvgIpc) is 2.70. The Kier molecular flexibility index (Phi) is 4.45. The fraction of sp³-hybridized carbons (Fsp3) is 0.214. The summed E-state index contributed by atoms with van der Waals surface area (Å²) < 4.78 is 18.9.